The zero-order valence-corrected chi connectivity index (χ0v) is 27.9. The topological polar surface area (TPSA) is 136 Å². The molecule has 12 heteroatoms. The van der Waals surface area contributed by atoms with E-state index in [2.05, 4.69) is 10.6 Å². The number of carbonyl (C=O) groups is 3. The quantitative estimate of drug-likeness (QED) is 0.320. The van der Waals surface area contributed by atoms with Gasteiger partial charge in [0.05, 0.1) is 19.2 Å². The first kappa shape index (κ1) is 34.5. The second-order valence-corrected chi connectivity index (χ2v) is 12.7. The van der Waals surface area contributed by atoms with Gasteiger partial charge in [-0.25, -0.2) is 4.79 Å². The van der Waals surface area contributed by atoms with E-state index in [4.69, 9.17) is 30.5 Å². The number of ether oxygens (including phenoxy) is 4. The number of nitrogens with zero attached hydrogens (tertiary/aromatic N) is 1. The number of aliphatic hydroxyl groups is 1. The summed E-state index contributed by atoms with van der Waals surface area (Å²) in [5, 5.41) is 17.3. The van der Waals surface area contributed by atoms with Crippen molar-refractivity contribution in [3.8, 4) is 5.75 Å². The Balaban J connectivity index is 1.80. The summed E-state index contributed by atoms with van der Waals surface area (Å²) in [4.78, 5) is 41.1. The first-order valence-electron chi connectivity index (χ1n) is 15.0. The lowest BCUT2D eigenvalue weighted by atomic mass is 9.82. The molecule has 7 unspecified atom stereocenters. The molecule has 1 aromatic carbocycles. The molecule has 0 radical (unpaired) electrons. The van der Waals surface area contributed by atoms with Crippen molar-refractivity contribution in [2.75, 3.05) is 33.2 Å². The SMILES string of the molecule is CNC(C)C(=O)OC1CC(=O)N(C)c2cc(cc(OC)c2Cl)C/C(C)=C/C=C/C(OC)C2(O)CC(OC(=O)N2)C(C)C2=CC21C. The second kappa shape index (κ2) is 13.5. The number of likely N-dealkylation sites (N-methyl/N-ethyl adjacent to an activating group) is 1. The third kappa shape index (κ3) is 7.22. The fourth-order valence-electron chi connectivity index (χ4n) is 6.03. The van der Waals surface area contributed by atoms with Gasteiger partial charge in [-0.1, -0.05) is 54.0 Å². The largest absolute Gasteiger partial charge is 0.495 e. The number of carbonyl (C=O) groups excluding carboxylic acids is 3. The highest BCUT2D eigenvalue weighted by molar-refractivity contribution is 6.35. The number of nitrogens with one attached hydrogen (secondary N) is 2. The van der Waals surface area contributed by atoms with Crippen LogP contribution >= 0.6 is 11.6 Å². The molecule has 0 aromatic heterocycles. The van der Waals surface area contributed by atoms with Gasteiger partial charge < -0.3 is 34.3 Å². The van der Waals surface area contributed by atoms with E-state index in [1.54, 1.807) is 33.2 Å². The van der Waals surface area contributed by atoms with Crippen LogP contribution in [-0.4, -0.2) is 81.5 Å². The number of hydrogen-bond donors (Lipinski definition) is 3. The summed E-state index contributed by atoms with van der Waals surface area (Å²) >= 11 is 6.71. The van der Waals surface area contributed by atoms with Gasteiger partial charge in [-0.2, -0.15) is 0 Å². The number of benzene rings is 1. The van der Waals surface area contributed by atoms with Crippen molar-refractivity contribution in [2.45, 2.75) is 77.0 Å². The molecule has 3 aliphatic rings. The second-order valence-electron chi connectivity index (χ2n) is 12.3. The summed E-state index contributed by atoms with van der Waals surface area (Å²) in [6.45, 7) is 7.39. The van der Waals surface area contributed by atoms with E-state index in [0.29, 0.717) is 17.9 Å². The molecule has 2 amide bonds. The minimum atomic E-state index is -1.75. The molecule has 1 aromatic rings. The molecule has 2 aliphatic heterocycles. The molecular weight excluding hydrogens is 602 g/mol. The Morgan fingerprint density at radius 3 is 2.64 bits per heavy atom. The summed E-state index contributed by atoms with van der Waals surface area (Å²) in [5.74, 6) is -0.783. The van der Waals surface area contributed by atoms with Gasteiger partial charge in [-0.15, -0.1) is 0 Å². The lowest BCUT2D eigenvalue weighted by molar-refractivity contribution is -0.155. The van der Waals surface area contributed by atoms with Crippen molar-refractivity contribution in [3.05, 3.63) is 58.2 Å². The van der Waals surface area contributed by atoms with Gasteiger partial charge in [0.25, 0.3) is 0 Å². The zero-order valence-electron chi connectivity index (χ0n) is 27.1. The lowest BCUT2D eigenvalue weighted by Gasteiger charge is -2.42. The molecule has 0 saturated carbocycles. The summed E-state index contributed by atoms with van der Waals surface area (Å²) in [5.41, 5.74) is 0.567. The maximum absolute atomic E-state index is 13.9. The van der Waals surface area contributed by atoms with Crippen molar-refractivity contribution >= 4 is 35.3 Å². The molecule has 4 bridgehead atoms. The molecule has 45 heavy (non-hydrogen) atoms. The van der Waals surface area contributed by atoms with E-state index in [9.17, 15) is 19.5 Å². The number of halogens is 1. The molecule has 1 fully saturated rings. The number of methoxy groups -OCH3 is 2. The van der Waals surface area contributed by atoms with Gasteiger partial charge in [0.15, 0.2) is 5.72 Å². The van der Waals surface area contributed by atoms with E-state index in [1.807, 2.05) is 45.1 Å². The molecule has 3 N–H and O–H groups in total. The zero-order chi connectivity index (χ0) is 33.3. The maximum atomic E-state index is 13.9. The number of alkyl carbamates (subject to hydrolysis) is 1. The highest BCUT2D eigenvalue weighted by Crippen LogP contribution is 2.55. The summed E-state index contributed by atoms with van der Waals surface area (Å²) in [6, 6.07) is 3.05. The normalized spacial score (nSPS) is 33.0. The number of hydrogen-bond acceptors (Lipinski definition) is 9. The van der Waals surface area contributed by atoms with Crippen LogP contribution in [0.25, 0.3) is 0 Å². The number of rotatable bonds is 5. The Morgan fingerprint density at radius 2 is 2.00 bits per heavy atom. The molecule has 0 spiro atoms. The predicted molar refractivity (Wildman–Crippen MR) is 170 cm³/mol. The van der Waals surface area contributed by atoms with Crippen LogP contribution in [-0.2, 0) is 30.2 Å². The lowest BCUT2D eigenvalue weighted by Crippen LogP contribution is -2.63. The van der Waals surface area contributed by atoms with Crippen LogP contribution in [0.15, 0.2) is 47.6 Å². The van der Waals surface area contributed by atoms with Gasteiger partial charge in [-0.3, -0.25) is 14.9 Å². The summed E-state index contributed by atoms with van der Waals surface area (Å²) in [6.07, 6.45) is 4.42. The third-order valence-electron chi connectivity index (χ3n) is 9.11. The van der Waals surface area contributed by atoms with E-state index in [1.165, 1.54) is 19.1 Å². The molecule has 246 valence electrons. The van der Waals surface area contributed by atoms with Crippen LogP contribution in [0.3, 0.4) is 0 Å². The molecule has 7 atom stereocenters. The highest BCUT2D eigenvalue weighted by atomic mass is 35.5. The van der Waals surface area contributed by atoms with Crippen LogP contribution in [0.5, 0.6) is 5.75 Å². The van der Waals surface area contributed by atoms with Gasteiger partial charge in [0.1, 0.15) is 35.1 Å². The van der Waals surface area contributed by atoms with Gasteiger partial charge in [0, 0.05) is 31.9 Å². The summed E-state index contributed by atoms with van der Waals surface area (Å²) in [7, 11) is 6.25. The smallest absolute Gasteiger partial charge is 0.409 e. The Labute approximate surface area is 269 Å². The van der Waals surface area contributed by atoms with Crippen LogP contribution < -0.4 is 20.3 Å². The Morgan fingerprint density at radius 1 is 1.29 bits per heavy atom. The first-order valence-corrected chi connectivity index (χ1v) is 15.4. The fraction of sp³-hybridized carbons (Fsp3) is 0.545. The first-order chi connectivity index (χ1) is 21.2. The average Bonchev–Trinajstić information content (AvgIpc) is 3.69. The van der Waals surface area contributed by atoms with E-state index < -0.39 is 47.6 Å². The highest BCUT2D eigenvalue weighted by Gasteiger charge is 2.55. The van der Waals surface area contributed by atoms with E-state index >= 15 is 0 Å². The number of allylic oxidation sites excluding steroid dienone is 3. The van der Waals surface area contributed by atoms with Gasteiger partial charge in [-0.05, 0) is 51.9 Å². The fourth-order valence-corrected chi connectivity index (χ4v) is 6.34. The molecule has 11 nitrogen and oxygen atoms in total. The molecule has 1 aliphatic carbocycles. The standard InChI is InChI=1S/C33H44ClN3O8/c1-18-10-9-11-26(43-8)33(41)17-25(44-31(40)36-33)19(2)22-16-32(22,4)27(45-30(39)20(3)35-5)15-28(38)37(6)23-13-21(12-18)14-24(42-7)29(23)34/h9-11,13-14,16,19-20,25-27,35,41H,12,15,17H2,1-8H3,(H,36,40)/b11-9+,18-10+. The number of esters is 1. The number of anilines is 1. The van der Waals surface area contributed by atoms with Crippen LogP contribution in [0, 0.1) is 11.3 Å². The van der Waals surface area contributed by atoms with E-state index in [-0.39, 0.29) is 29.7 Å². The Kier molecular flexibility index (Phi) is 10.4. The van der Waals surface area contributed by atoms with Crippen LogP contribution in [0.4, 0.5) is 10.5 Å². The Hall–Kier alpha value is -3.38. The van der Waals surface area contributed by atoms with Gasteiger partial charge in [0.2, 0.25) is 5.91 Å². The average molecular weight is 646 g/mol. The maximum Gasteiger partial charge on any atom is 0.409 e. The number of fused-ring (bicyclic) bond motifs is 5. The van der Waals surface area contributed by atoms with Crippen molar-refractivity contribution in [1.82, 2.24) is 10.6 Å². The van der Waals surface area contributed by atoms with Gasteiger partial charge >= 0.3 is 12.1 Å². The van der Waals surface area contributed by atoms with E-state index in [0.717, 1.165) is 16.7 Å². The Bertz CT molecular complexity index is 1430. The van der Waals surface area contributed by atoms with Crippen LogP contribution in [0.1, 0.15) is 46.1 Å². The summed E-state index contributed by atoms with van der Waals surface area (Å²) < 4.78 is 22.8. The van der Waals surface area contributed by atoms with Crippen molar-refractivity contribution in [3.63, 3.8) is 0 Å². The minimum absolute atomic E-state index is 0.0336. The third-order valence-corrected chi connectivity index (χ3v) is 9.49. The van der Waals surface area contributed by atoms with Crippen molar-refractivity contribution < 1.29 is 38.4 Å². The predicted octanol–water partition coefficient (Wildman–Crippen LogP) is 4.06. The van der Waals surface area contributed by atoms with Crippen LogP contribution in [0.2, 0.25) is 5.02 Å². The number of amides is 2. The molecule has 1 saturated heterocycles. The monoisotopic (exact) mass is 645 g/mol. The molecule has 2 heterocycles. The minimum Gasteiger partial charge on any atom is -0.495 e. The van der Waals surface area contributed by atoms with Crippen molar-refractivity contribution in [2.24, 2.45) is 11.3 Å². The van der Waals surface area contributed by atoms with Crippen molar-refractivity contribution in [1.29, 1.82) is 0 Å². The molecule has 4 rings (SSSR count). The molecular formula is C33H44ClN3O8.